The summed E-state index contributed by atoms with van der Waals surface area (Å²) in [4.78, 5) is 14.7. The van der Waals surface area contributed by atoms with E-state index in [2.05, 4.69) is 20.4 Å². The predicted octanol–water partition coefficient (Wildman–Crippen LogP) is 6.22. The van der Waals surface area contributed by atoms with Crippen molar-refractivity contribution in [2.24, 2.45) is 5.92 Å². The molecule has 170 valence electrons. The highest BCUT2D eigenvalue weighted by Gasteiger charge is 2.22. The van der Waals surface area contributed by atoms with Crippen LogP contribution in [0.4, 0.5) is 5.95 Å². The van der Waals surface area contributed by atoms with Gasteiger partial charge < -0.3 is 14.6 Å². The highest BCUT2D eigenvalue weighted by atomic mass is 35.5. The Labute approximate surface area is 197 Å². The summed E-state index contributed by atoms with van der Waals surface area (Å²) in [6.07, 6.45) is 12.7. The minimum absolute atomic E-state index is 0.275. The first-order valence-electron chi connectivity index (χ1n) is 11.5. The second kappa shape index (κ2) is 9.75. The van der Waals surface area contributed by atoms with Crippen LogP contribution < -0.4 is 10.1 Å². The lowest BCUT2D eigenvalue weighted by atomic mass is 9.83. The molecule has 2 aliphatic rings. The van der Waals surface area contributed by atoms with Gasteiger partial charge in [0.05, 0.1) is 27.2 Å². The fourth-order valence-electron chi connectivity index (χ4n) is 4.29. The predicted molar refractivity (Wildman–Crippen MR) is 125 cm³/mol. The Balaban J connectivity index is 1.26. The third-order valence-corrected chi connectivity index (χ3v) is 7.66. The van der Waals surface area contributed by atoms with Gasteiger partial charge in [0, 0.05) is 13.0 Å². The molecule has 0 bridgehead atoms. The van der Waals surface area contributed by atoms with Crippen LogP contribution in [0, 0.1) is 12.8 Å². The quantitative estimate of drug-likeness (QED) is 0.415. The normalized spacial score (nSPS) is 17.3. The lowest BCUT2D eigenvalue weighted by Gasteiger charge is -2.23. The van der Waals surface area contributed by atoms with E-state index < -0.39 is 0 Å². The summed E-state index contributed by atoms with van der Waals surface area (Å²) >= 11 is 7.81. The van der Waals surface area contributed by atoms with E-state index in [1.165, 1.54) is 49.9 Å². The monoisotopic (exact) mass is 473 g/mol. The lowest BCUT2D eigenvalue weighted by molar-refractivity contribution is 0.152. The number of nitrogens with one attached hydrogen (secondary N) is 1. The van der Waals surface area contributed by atoms with Gasteiger partial charge >= 0.3 is 0 Å². The number of aromatic nitrogens is 4. The van der Waals surface area contributed by atoms with Crippen LogP contribution in [-0.2, 0) is 13.0 Å². The molecule has 3 aromatic rings. The summed E-state index contributed by atoms with van der Waals surface area (Å²) in [6.45, 7) is 2.49. The lowest BCUT2D eigenvalue weighted by Crippen LogP contribution is -2.20. The van der Waals surface area contributed by atoms with Gasteiger partial charge in [0.25, 0.3) is 5.95 Å². The van der Waals surface area contributed by atoms with Gasteiger partial charge in [-0.05, 0) is 68.2 Å². The molecular weight excluding hydrogens is 446 g/mol. The maximum atomic E-state index is 6.34. The van der Waals surface area contributed by atoms with E-state index in [0.717, 1.165) is 41.1 Å². The first kappa shape index (κ1) is 21.6. The first-order valence-corrected chi connectivity index (χ1v) is 12.7. The SMILES string of the molecule is Cc1nc(-c2sc(Cl)cc2CNc2noc(CC3CCC3)n2)ncc1OC1CCCCC1. The maximum absolute atomic E-state index is 6.34. The van der Waals surface area contributed by atoms with E-state index >= 15 is 0 Å². The smallest absolute Gasteiger partial charge is 0.263 e. The molecule has 9 heteroatoms. The molecule has 0 saturated heterocycles. The van der Waals surface area contributed by atoms with E-state index in [9.17, 15) is 0 Å². The van der Waals surface area contributed by atoms with E-state index in [1.807, 2.05) is 13.0 Å². The number of nitrogens with zero attached hydrogens (tertiary/aromatic N) is 4. The minimum Gasteiger partial charge on any atom is -0.487 e. The number of halogens is 1. The molecule has 2 saturated carbocycles. The molecular formula is C23H28ClN5O2S. The Bertz CT molecular complexity index is 1060. The van der Waals surface area contributed by atoms with Crippen LogP contribution in [-0.4, -0.2) is 26.2 Å². The molecule has 0 unspecified atom stereocenters. The van der Waals surface area contributed by atoms with Crippen LogP contribution >= 0.6 is 22.9 Å². The van der Waals surface area contributed by atoms with Crippen molar-refractivity contribution in [3.8, 4) is 16.5 Å². The summed E-state index contributed by atoms with van der Waals surface area (Å²) in [6, 6.07) is 1.94. The average molecular weight is 474 g/mol. The van der Waals surface area contributed by atoms with Crippen molar-refractivity contribution in [3.63, 3.8) is 0 Å². The summed E-state index contributed by atoms with van der Waals surface area (Å²) in [5.41, 5.74) is 1.86. The second-order valence-electron chi connectivity index (χ2n) is 8.79. The van der Waals surface area contributed by atoms with Crippen molar-refractivity contribution in [1.82, 2.24) is 20.1 Å². The van der Waals surface area contributed by atoms with E-state index in [-0.39, 0.29) is 6.10 Å². The summed E-state index contributed by atoms with van der Waals surface area (Å²) in [5, 5.41) is 7.30. The van der Waals surface area contributed by atoms with Crippen LogP contribution in [0.1, 0.15) is 68.5 Å². The van der Waals surface area contributed by atoms with Crippen molar-refractivity contribution in [2.45, 2.75) is 77.4 Å². The molecule has 0 amide bonds. The molecule has 0 aliphatic heterocycles. The van der Waals surface area contributed by atoms with Crippen molar-refractivity contribution in [2.75, 3.05) is 5.32 Å². The third-order valence-electron chi connectivity index (χ3n) is 6.36. The van der Waals surface area contributed by atoms with Gasteiger partial charge in [-0.1, -0.05) is 24.4 Å². The van der Waals surface area contributed by atoms with Crippen LogP contribution in [0.3, 0.4) is 0 Å². The molecule has 3 heterocycles. The number of thiophene rings is 1. The highest BCUT2D eigenvalue weighted by Crippen LogP contribution is 2.35. The van der Waals surface area contributed by atoms with Gasteiger partial charge in [-0.25, -0.2) is 9.97 Å². The first-order chi connectivity index (χ1) is 15.6. The van der Waals surface area contributed by atoms with E-state index in [0.29, 0.717) is 34.5 Å². The number of hydrogen-bond acceptors (Lipinski definition) is 8. The maximum Gasteiger partial charge on any atom is 0.263 e. The van der Waals surface area contributed by atoms with Crippen LogP contribution in [0.5, 0.6) is 5.75 Å². The Kier molecular flexibility index (Phi) is 6.59. The van der Waals surface area contributed by atoms with Crippen molar-refractivity contribution in [1.29, 1.82) is 0 Å². The summed E-state index contributed by atoms with van der Waals surface area (Å²) in [7, 11) is 0. The molecule has 0 aromatic carbocycles. The Morgan fingerprint density at radius 2 is 2.00 bits per heavy atom. The van der Waals surface area contributed by atoms with Crippen LogP contribution in [0.2, 0.25) is 4.34 Å². The molecule has 2 aliphatic carbocycles. The zero-order valence-electron chi connectivity index (χ0n) is 18.3. The zero-order chi connectivity index (χ0) is 21.9. The van der Waals surface area contributed by atoms with Gasteiger partial charge in [0.15, 0.2) is 11.6 Å². The number of rotatable bonds is 8. The molecule has 0 spiro atoms. The average Bonchev–Trinajstić information content (AvgIpc) is 3.37. The fourth-order valence-corrected chi connectivity index (χ4v) is 5.50. The topological polar surface area (TPSA) is 86.0 Å². The van der Waals surface area contributed by atoms with Crippen molar-refractivity contribution < 1.29 is 9.26 Å². The molecule has 32 heavy (non-hydrogen) atoms. The summed E-state index contributed by atoms with van der Waals surface area (Å²) in [5.74, 6) is 3.32. The van der Waals surface area contributed by atoms with E-state index in [4.69, 9.17) is 25.8 Å². The van der Waals surface area contributed by atoms with E-state index in [1.54, 1.807) is 6.20 Å². The molecule has 3 aromatic heterocycles. The molecule has 2 fully saturated rings. The standard InChI is InChI=1S/C23H28ClN5O2S/c1-14-18(30-17-8-3-2-4-9-17)13-25-22(27-14)21-16(11-19(24)32-21)12-26-23-28-20(31-29-23)10-15-6-5-7-15/h11,13,15,17H,2-10,12H2,1H3,(H,26,29). The Morgan fingerprint density at radius 3 is 2.75 bits per heavy atom. The van der Waals surface area contributed by atoms with Crippen molar-refractivity contribution in [3.05, 3.63) is 33.7 Å². The van der Waals surface area contributed by atoms with Gasteiger partial charge in [0.2, 0.25) is 5.89 Å². The Hall–Kier alpha value is -2.19. The minimum atomic E-state index is 0.275. The van der Waals surface area contributed by atoms with Gasteiger partial charge in [-0.3, -0.25) is 0 Å². The largest absolute Gasteiger partial charge is 0.487 e. The number of ether oxygens (including phenoxy) is 1. The summed E-state index contributed by atoms with van der Waals surface area (Å²) < 4.78 is 12.3. The second-order valence-corrected chi connectivity index (χ2v) is 10.5. The van der Waals surface area contributed by atoms with Gasteiger partial charge in [0.1, 0.15) is 0 Å². The molecule has 0 atom stereocenters. The van der Waals surface area contributed by atoms with Crippen LogP contribution in [0.15, 0.2) is 16.8 Å². The number of anilines is 1. The molecule has 5 rings (SSSR count). The Morgan fingerprint density at radius 1 is 1.16 bits per heavy atom. The molecule has 0 radical (unpaired) electrons. The fraction of sp³-hybridized carbons (Fsp3) is 0.565. The van der Waals surface area contributed by atoms with Gasteiger partial charge in [-0.2, -0.15) is 4.98 Å². The highest BCUT2D eigenvalue weighted by molar-refractivity contribution is 7.19. The number of aryl methyl sites for hydroxylation is 1. The molecule has 7 nitrogen and oxygen atoms in total. The van der Waals surface area contributed by atoms with Crippen LogP contribution in [0.25, 0.3) is 10.7 Å². The third kappa shape index (κ3) is 5.07. The van der Waals surface area contributed by atoms with Gasteiger partial charge in [-0.15, -0.1) is 11.3 Å². The molecule has 1 N–H and O–H groups in total. The zero-order valence-corrected chi connectivity index (χ0v) is 19.8. The number of hydrogen-bond donors (Lipinski definition) is 1. The van der Waals surface area contributed by atoms with Crippen molar-refractivity contribution >= 4 is 28.9 Å².